The van der Waals surface area contributed by atoms with Crippen molar-refractivity contribution in [3.63, 3.8) is 0 Å². The molecule has 0 aromatic carbocycles. The summed E-state index contributed by atoms with van der Waals surface area (Å²) in [7, 11) is 0. The van der Waals surface area contributed by atoms with Gasteiger partial charge in [0.25, 0.3) is 0 Å². The number of hydrogen-bond acceptors (Lipinski definition) is 3. The summed E-state index contributed by atoms with van der Waals surface area (Å²) in [4.78, 5) is 9.97. The molecular weight excluding hydrogens is 179 g/mol. The summed E-state index contributed by atoms with van der Waals surface area (Å²) in [6.45, 7) is 2.07. The van der Waals surface area contributed by atoms with Gasteiger partial charge in [0.1, 0.15) is 0 Å². The van der Waals surface area contributed by atoms with Crippen LogP contribution < -0.4 is 34.7 Å². The van der Waals surface area contributed by atoms with Gasteiger partial charge in [0.15, 0.2) is 0 Å². The van der Waals surface area contributed by atoms with E-state index in [0.29, 0.717) is 6.42 Å². The van der Waals surface area contributed by atoms with Gasteiger partial charge in [0, 0.05) is 18.8 Å². The third-order valence-corrected chi connectivity index (χ3v) is 1.54. The fourth-order valence-electron chi connectivity index (χ4n) is 0.859. The van der Waals surface area contributed by atoms with Crippen molar-refractivity contribution < 1.29 is 44.6 Å². The van der Waals surface area contributed by atoms with Crippen molar-refractivity contribution >= 4 is 5.97 Å². The maximum Gasteiger partial charge on any atom is 1.00 e. The minimum Gasteiger partial charge on any atom is -0.550 e. The Bertz CT molecular complexity index is 166. The second-order valence-electron chi connectivity index (χ2n) is 2.73. The van der Waals surface area contributed by atoms with E-state index in [9.17, 15) is 9.90 Å². The molecule has 0 aliphatic rings. The Morgan fingerprint density at radius 1 is 1.46 bits per heavy atom. The molecule has 0 saturated carbocycles. The summed E-state index contributed by atoms with van der Waals surface area (Å²) in [5.41, 5.74) is 0. The number of rotatable bonds is 6. The van der Waals surface area contributed by atoms with Crippen LogP contribution in [0.25, 0.3) is 0 Å². The van der Waals surface area contributed by atoms with Crippen molar-refractivity contribution in [2.75, 3.05) is 0 Å². The normalized spacial score (nSPS) is 10.7. The third-order valence-electron chi connectivity index (χ3n) is 1.54. The first kappa shape index (κ1) is 15.5. The van der Waals surface area contributed by atoms with Gasteiger partial charge in [0.05, 0.1) is 5.76 Å². The molecular formula is C9H15NaO3. The molecule has 0 unspecified atom stereocenters. The zero-order valence-corrected chi connectivity index (χ0v) is 10.4. The van der Waals surface area contributed by atoms with E-state index in [1.54, 1.807) is 0 Å². The number of aliphatic carboxylic acids is 1. The second kappa shape index (κ2) is 10.1. The van der Waals surface area contributed by atoms with Crippen LogP contribution in [-0.2, 0) is 4.79 Å². The van der Waals surface area contributed by atoms with Crippen LogP contribution in [-0.4, -0.2) is 11.1 Å². The van der Waals surface area contributed by atoms with Gasteiger partial charge >= 0.3 is 29.6 Å². The quantitative estimate of drug-likeness (QED) is 0.307. The van der Waals surface area contributed by atoms with Gasteiger partial charge < -0.3 is 15.0 Å². The van der Waals surface area contributed by atoms with Crippen molar-refractivity contribution in [1.29, 1.82) is 0 Å². The summed E-state index contributed by atoms with van der Waals surface area (Å²) >= 11 is 0. The van der Waals surface area contributed by atoms with Crippen molar-refractivity contribution in [3.05, 3.63) is 11.8 Å². The van der Waals surface area contributed by atoms with E-state index in [-0.39, 0.29) is 41.7 Å². The van der Waals surface area contributed by atoms with Gasteiger partial charge in [-0.3, -0.25) is 0 Å². The molecule has 0 saturated heterocycles. The van der Waals surface area contributed by atoms with E-state index < -0.39 is 5.97 Å². The zero-order chi connectivity index (χ0) is 9.40. The number of allylic oxidation sites excluding steroid dienone is 1. The fraction of sp³-hybridized carbons (Fsp3) is 0.667. The summed E-state index contributed by atoms with van der Waals surface area (Å²) in [5, 5.41) is 19.1. The monoisotopic (exact) mass is 194 g/mol. The van der Waals surface area contributed by atoms with E-state index in [2.05, 4.69) is 6.92 Å². The minimum atomic E-state index is -1.16. The number of carbonyl (C=O) groups excluding carboxylic acids is 1. The van der Waals surface area contributed by atoms with Crippen LogP contribution in [0.15, 0.2) is 11.8 Å². The topological polar surface area (TPSA) is 60.4 Å². The van der Waals surface area contributed by atoms with E-state index in [4.69, 9.17) is 5.11 Å². The molecule has 0 rings (SSSR count). The molecule has 0 aliphatic heterocycles. The Morgan fingerprint density at radius 2 is 2.08 bits per heavy atom. The first-order valence-corrected chi connectivity index (χ1v) is 4.24. The standard InChI is InChI=1S/C9H16O3.Na/c1-2-3-4-5-8(10)6-7-9(11)12;/h6,10H,2-5,7H2,1H3,(H,11,12);/q;+1/p-1. The third kappa shape index (κ3) is 12.0. The van der Waals surface area contributed by atoms with Gasteiger partial charge in [-0.05, 0) is 12.5 Å². The van der Waals surface area contributed by atoms with Crippen LogP contribution in [0.1, 0.15) is 39.0 Å². The number of unbranched alkanes of at least 4 members (excludes halogenated alkanes) is 2. The first-order valence-electron chi connectivity index (χ1n) is 4.24. The molecule has 0 aromatic heterocycles. The number of hydrogen-bond donors (Lipinski definition) is 1. The predicted molar refractivity (Wildman–Crippen MR) is 44.5 cm³/mol. The Labute approximate surface area is 101 Å². The zero-order valence-electron chi connectivity index (χ0n) is 8.38. The average Bonchev–Trinajstić information content (AvgIpc) is 2.01. The number of carboxylic acid groups (broad SMARTS) is 1. The second-order valence-corrected chi connectivity index (χ2v) is 2.73. The van der Waals surface area contributed by atoms with Crippen LogP contribution in [0.4, 0.5) is 0 Å². The molecule has 0 heterocycles. The van der Waals surface area contributed by atoms with Crippen molar-refractivity contribution in [1.82, 2.24) is 0 Å². The molecule has 0 fully saturated rings. The maximum absolute atomic E-state index is 9.97. The maximum atomic E-state index is 9.97. The van der Waals surface area contributed by atoms with Gasteiger partial charge in [0.2, 0.25) is 0 Å². The SMILES string of the molecule is CCCCCC(O)=CCC(=O)[O-].[Na+]. The van der Waals surface area contributed by atoms with E-state index in [1.807, 2.05) is 0 Å². The average molecular weight is 194 g/mol. The van der Waals surface area contributed by atoms with E-state index in [1.165, 1.54) is 6.08 Å². The smallest absolute Gasteiger partial charge is 0.550 e. The number of carbonyl (C=O) groups is 1. The molecule has 0 atom stereocenters. The molecule has 0 spiro atoms. The molecule has 13 heavy (non-hydrogen) atoms. The molecule has 0 bridgehead atoms. The van der Waals surface area contributed by atoms with Gasteiger partial charge in [-0.25, -0.2) is 0 Å². The number of aliphatic hydroxyl groups is 1. The molecule has 0 radical (unpaired) electrons. The van der Waals surface area contributed by atoms with Crippen molar-refractivity contribution in [3.8, 4) is 0 Å². The summed E-state index contributed by atoms with van der Waals surface area (Å²) < 4.78 is 0. The first-order chi connectivity index (χ1) is 5.66. The molecule has 0 aliphatic carbocycles. The number of aliphatic hydroxyl groups excluding tert-OH is 1. The molecule has 0 aromatic rings. The molecule has 3 nitrogen and oxygen atoms in total. The summed E-state index contributed by atoms with van der Waals surface area (Å²) in [6.07, 6.45) is 4.73. The van der Waals surface area contributed by atoms with E-state index in [0.717, 1.165) is 19.3 Å². The minimum absolute atomic E-state index is 0. The molecule has 70 valence electrons. The van der Waals surface area contributed by atoms with Crippen LogP contribution in [0, 0.1) is 0 Å². The largest absolute Gasteiger partial charge is 1.00 e. The van der Waals surface area contributed by atoms with Crippen molar-refractivity contribution in [2.45, 2.75) is 39.0 Å². The van der Waals surface area contributed by atoms with Crippen LogP contribution >= 0.6 is 0 Å². The molecule has 4 heteroatoms. The Kier molecular flexibility index (Phi) is 12.0. The Morgan fingerprint density at radius 3 is 2.54 bits per heavy atom. The Balaban J connectivity index is 0. The number of carboxylic acids is 1. The van der Waals surface area contributed by atoms with Gasteiger partial charge in [-0.1, -0.05) is 19.8 Å². The van der Waals surface area contributed by atoms with Gasteiger partial charge in [-0.15, -0.1) is 0 Å². The van der Waals surface area contributed by atoms with Crippen LogP contribution in [0.3, 0.4) is 0 Å². The van der Waals surface area contributed by atoms with Crippen LogP contribution in [0.5, 0.6) is 0 Å². The van der Waals surface area contributed by atoms with Crippen molar-refractivity contribution in [2.24, 2.45) is 0 Å². The van der Waals surface area contributed by atoms with Gasteiger partial charge in [-0.2, -0.15) is 0 Å². The molecule has 1 N–H and O–H groups in total. The van der Waals surface area contributed by atoms with E-state index >= 15 is 0 Å². The predicted octanol–water partition coefficient (Wildman–Crippen LogP) is -1.85. The summed E-state index contributed by atoms with van der Waals surface area (Å²) in [6, 6.07) is 0. The fourth-order valence-corrected chi connectivity index (χ4v) is 0.859. The van der Waals surface area contributed by atoms with Crippen LogP contribution in [0.2, 0.25) is 0 Å². The molecule has 0 amide bonds. The Hall–Kier alpha value is 0.0100. The summed E-state index contributed by atoms with van der Waals surface area (Å²) in [5.74, 6) is -0.996.